The summed E-state index contributed by atoms with van der Waals surface area (Å²) in [5.74, 6) is 0. The maximum atomic E-state index is 4.02. The molecule has 0 nitrogen and oxygen atoms in total. The van der Waals surface area contributed by atoms with Crippen molar-refractivity contribution in [3.63, 3.8) is 0 Å². The van der Waals surface area contributed by atoms with Crippen LogP contribution in [0.5, 0.6) is 0 Å². The Balaban J connectivity index is 1.34. The van der Waals surface area contributed by atoms with E-state index in [0.29, 0.717) is 0 Å². The Morgan fingerprint density at radius 1 is 0.350 bits per heavy atom. The second-order valence-electron chi connectivity index (χ2n) is 10.1. The van der Waals surface area contributed by atoms with Crippen molar-refractivity contribution in [1.29, 1.82) is 0 Å². The summed E-state index contributed by atoms with van der Waals surface area (Å²) in [6, 6.07) is 37.7. The van der Waals surface area contributed by atoms with E-state index >= 15 is 0 Å². The summed E-state index contributed by atoms with van der Waals surface area (Å²) in [6.07, 6.45) is 7.81. The Morgan fingerprint density at radius 2 is 0.600 bits per heavy atom. The van der Waals surface area contributed by atoms with Crippen molar-refractivity contribution in [3.05, 3.63) is 146 Å². The van der Waals surface area contributed by atoms with E-state index in [1.165, 1.54) is 44.5 Å². The minimum atomic E-state index is -2.42. The number of hydrogen-bond donors (Lipinski definition) is 0. The van der Waals surface area contributed by atoms with E-state index in [4.69, 9.17) is 0 Å². The maximum absolute atomic E-state index is 4.02. The molecule has 2 aliphatic heterocycles. The van der Waals surface area contributed by atoms with Crippen molar-refractivity contribution in [3.8, 4) is 22.3 Å². The Bertz CT molecular complexity index is 1620. The third kappa shape index (κ3) is 4.08. The van der Waals surface area contributed by atoms with Crippen molar-refractivity contribution in [2.45, 2.75) is 0 Å². The van der Waals surface area contributed by atoms with Gasteiger partial charge in [0.2, 0.25) is 0 Å². The third-order valence-corrected chi connectivity index (χ3v) is 27.8. The number of rotatable bonds is 6. The van der Waals surface area contributed by atoms with Crippen LogP contribution in [-0.4, -0.2) is 43.5 Å². The molecule has 0 N–H and O–H groups in total. The van der Waals surface area contributed by atoms with Gasteiger partial charge in [0, 0.05) is 0 Å². The molecule has 2 heteroatoms. The summed E-state index contributed by atoms with van der Waals surface area (Å²) in [4.78, 5) is 0. The van der Waals surface area contributed by atoms with Crippen LogP contribution in [0.25, 0.3) is 46.6 Å². The molecule has 0 amide bonds. The summed E-state index contributed by atoms with van der Waals surface area (Å²) in [7, 11) is 0. The zero-order valence-corrected chi connectivity index (χ0v) is 29.2. The van der Waals surface area contributed by atoms with E-state index in [1.807, 2.05) is 24.3 Å². The van der Waals surface area contributed by atoms with Gasteiger partial charge in [-0.2, -0.15) is 0 Å². The van der Waals surface area contributed by atoms with Crippen LogP contribution in [0.2, 0.25) is 0 Å². The molecule has 2 heterocycles. The zero-order chi connectivity index (χ0) is 27.4. The molecule has 190 valence electrons. The molecular formula is C38H28Bi2. The van der Waals surface area contributed by atoms with Crippen molar-refractivity contribution < 1.29 is 0 Å². The molecule has 0 saturated heterocycles. The molecule has 40 heavy (non-hydrogen) atoms. The van der Waals surface area contributed by atoms with E-state index in [2.05, 4.69) is 123 Å². The van der Waals surface area contributed by atoms with Crippen molar-refractivity contribution in [1.82, 2.24) is 0 Å². The first-order valence-corrected chi connectivity index (χ1v) is 23.8. The minimum absolute atomic E-state index is 1.18. The molecule has 5 aromatic rings. The van der Waals surface area contributed by atoms with E-state index < -0.39 is 43.5 Å². The summed E-state index contributed by atoms with van der Waals surface area (Å²) < 4.78 is 9.36. The first kappa shape index (κ1) is 25.8. The van der Waals surface area contributed by atoms with Gasteiger partial charge in [0.15, 0.2) is 0 Å². The second kappa shape index (κ2) is 10.3. The van der Waals surface area contributed by atoms with Crippen LogP contribution in [0.4, 0.5) is 0 Å². The summed E-state index contributed by atoms with van der Waals surface area (Å²) in [5, 5.41) is 0. The Hall–Kier alpha value is -3.17. The molecular weight excluding hydrogens is 874 g/mol. The van der Waals surface area contributed by atoms with Gasteiger partial charge in [-0.25, -0.2) is 0 Å². The molecule has 0 saturated carbocycles. The molecule has 0 radical (unpaired) electrons. The van der Waals surface area contributed by atoms with E-state index in [9.17, 15) is 0 Å². The van der Waals surface area contributed by atoms with Gasteiger partial charge in [0.1, 0.15) is 0 Å². The fraction of sp³-hybridized carbons (Fsp3) is 0. The van der Waals surface area contributed by atoms with Crippen molar-refractivity contribution >= 4 is 87.4 Å². The standard InChI is InChI=1S/2C16H12.C6H4.2Bi/c2*1-3-13-7-5-9-15(11-13)16-10-6-8-14(4-2)12-16;1-2-4-6-5-3-1;;/h2*3-8,11-12H,1-2H2;1-2,5-6H;;. The molecule has 0 aromatic heterocycles. The van der Waals surface area contributed by atoms with Crippen LogP contribution in [0.15, 0.2) is 123 Å². The van der Waals surface area contributed by atoms with Crippen LogP contribution >= 0.6 is 0 Å². The van der Waals surface area contributed by atoms with Gasteiger partial charge in [-0.3, -0.25) is 0 Å². The molecule has 0 unspecified atom stereocenters. The van der Waals surface area contributed by atoms with Crippen molar-refractivity contribution in [2.24, 2.45) is 0 Å². The molecule has 0 spiro atoms. The van der Waals surface area contributed by atoms with Gasteiger partial charge < -0.3 is 0 Å². The van der Waals surface area contributed by atoms with Gasteiger partial charge in [-0.15, -0.1) is 0 Å². The van der Waals surface area contributed by atoms with Gasteiger partial charge in [0.05, 0.1) is 0 Å². The molecule has 0 fully saturated rings. The molecule has 0 bridgehead atoms. The van der Waals surface area contributed by atoms with Crippen molar-refractivity contribution in [2.75, 3.05) is 0 Å². The Morgan fingerprint density at radius 3 is 0.825 bits per heavy atom. The van der Waals surface area contributed by atoms with Gasteiger partial charge >= 0.3 is 255 Å². The molecule has 7 rings (SSSR count). The average Bonchev–Trinajstić information content (AvgIpc) is 3.51. The average molecular weight is 903 g/mol. The van der Waals surface area contributed by atoms with Crippen LogP contribution in [0.3, 0.4) is 0 Å². The number of benzene rings is 5. The van der Waals surface area contributed by atoms with Crippen LogP contribution in [0.1, 0.15) is 22.3 Å². The third-order valence-electron chi connectivity index (χ3n) is 7.94. The molecule has 2 aliphatic rings. The van der Waals surface area contributed by atoms with Gasteiger partial charge in [-0.05, 0) is 0 Å². The fourth-order valence-corrected chi connectivity index (χ4v) is 25.9. The van der Waals surface area contributed by atoms with Gasteiger partial charge in [-0.1, -0.05) is 0 Å². The predicted molar refractivity (Wildman–Crippen MR) is 180 cm³/mol. The first-order valence-electron chi connectivity index (χ1n) is 13.4. The second-order valence-corrected chi connectivity index (χ2v) is 26.8. The Kier molecular flexibility index (Phi) is 6.66. The number of fused-ring (bicyclic) bond motifs is 6. The van der Waals surface area contributed by atoms with Crippen LogP contribution in [0, 0.1) is 0 Å². The summed E-state index contributed by atoms with van der Waals surface area (Å²) in [5.41, 5.74) is 10.3. The van der Waals surface area contributed by atoms with Gasteiger partial charge in [0.25, 0.3) is 0 Å². The van der Waals surface area contributed by atoms with E-state index in [1.54, 1.807) is 19.6 Å². The number of hydrogen-bond acceptors (Lipinski definition) is 0. The fourth-order valence-electron chi connectivity index (χ4n) is 5.93. The van der Waals surface area contributed by atoms with Crippen LogP contribution in [-0.2, 0) is 0 Å². The monoisotopic (exact) mass is 902 g/mol. The quantitative estimate of drug-likeness (QED) is 0.201. The normalized spacial score (nSPS) is 13.2. The zero-order valence-electron chi connectivity index (χ0n) is 22.3. The summed E-state index contributed by atoms with van der Waals surface area (Å²) in [6.45, 7) is 16.1. The Labute approximate surface area is 253 Å². The van der Waals surface area contributed by atoms with Crippen LogP contribution < -0.4 is 19.6 Å². The van der Waals surface area contributed by atoms with E-state index in [0.717, 1.165) is 0 Å². The summed E-state index contributed by atoms with van der Waals surface area (Å²) >= 11 is -4.83. The SMILES string of the molecule is C=Cc1cc[c]2c(c1)-c1cc(C=C)cc[c]1[Bi]2[c]1cc[c]([Bi]2[c]3ccc(C=C)cc3-c3cc(C=C)cc[c]32)cc1. The molecule has 0 aliphatic carbocycles. The molecule has 0 atom stereocenters. The molecule has 5 aromatic carbocycles. The first-order chi connectivity index (χ1) is 19.6. The predicted octanol–water partition coefficient (Wildman–Crippen LogP) is 5.25. The van der Waals surface area contributed by atoms with E-state index in [-0.39, 0.29) is 0 Å². The topological polar surface area (TPSA) is 0 Å².